The molecule has 0 aromatic rings. The summed E-state index contributed by atoms with van der Waals surface area (Å²) in [7, 11) is 0.964. The number of ether oxygens (including phenoxy) is 4. The second-order valence-electron chi connectivity index (χ2n) is 3.04. The van der Waals surface area contributed by atoms with Crippen molar-refractivity contribution in [1.29, 1.82) is 0 Å². The van der Waals surface area contributed by atoms with Crippen molar-refractivity contribution < 1.29 is 27.4 Å². The first kappa shape index (κ1) is 14.8. The fourth-order valence-corrected chi connectivity index (χ4v) is 2.49. The smallest absolute Gasteiger partial charge is 0.276 e. The molecular formula is C8H18O6S. The predicted octanol–water partition coefficient (Wildman–Crippen LogP) is 0.334. The Hall–Kier alpha value is -0.210. The van der Waals surface area contributed by atoms with Crippen LogP contribution in [0.5, 0.6) is 0 Å². The van der Waals surface area contributed by atoms with Gasteiger partial charge < -0.3 is 18.9 Å². The van der Waals surface area contributed by atoms with Crippen molar-refractivity contribution in [3.63, 3.8) is 0 Å². The first-order valence-electron chi connectivity index (χ1n) is 4.19. The van der Waals surface area contributed by atoms with Gasteiger partial charge in [0.25, 0.3) is 20.1 Å². The van der Waals surface area contributed by atoms with Crippen LogP contribution in [0, 0.1) is 0 Å². The molecule has 0 aliphatic heterocycles. The summed E-state index contributed by atoms with van der Waals surface area (Å²) in [5.74, 6) is 0. The van der Waals surface area contributed by atoms with E-state index in [-0.39, 0.29) is 0 Å². The summed E-state index contributed by atoms with van der Waals surface area (Å²) in [4.78, 5) is 0. The topological polar surface area (TPSA) is 71.1 Å². The molecule has 0 unspecified atom stereocenters. The Bertz CT molecular complexity index is 264. The maximum absolute atomic E-state index is 12.1. The fraction of sp³-hybridized carbons (Fsp3) is 1.00. The van der Waals surface area contributed by atoms with E-state index in [0.717, 1.165) is 0 Å². The second-order valence-corrected chi connectivity index (χ2v) is 5.53. The maximum Gasteiger partial charge on any atom is 0.276 e. The highest BCUT2D eigenvalue weighted by Crippen LogP contribution is 2.31. The zero-order valence-corrected chi connectivity index (χ0v) is 10.7. The summed E-state index contributed by atoms with van der Waals surface area (Å²) in [6, 6.07) is 0. The Morgan fingerprint density at radius 1 is 0.733 bits per heavy atom. The molecule has 0 saturated heterocycles. The molecule has 0 heterocycles. The van der Waals surface area contributed by atoms with E-state index in [1.807, 2.05) is 0 Å². The van der Waals surface area contributed by atoms with Gasteiger partial charge in [-0.1, -0.05) is 0 Å². The Morgan fingerprint density at radius 2 is 0.933 bits per heavy atom. The van der Waals surface area contributed by atoms with Crippen LogP contribution in [0.4, 0.5) is 0 Å². The highest BCUT2D eigenvalue weighted by molar-refractivity contribution is 7.93. The van der Waals surface area contributed by atoms with Gasteiger partial charge in [0, 0.05) is 42.3 Å². The molecule has 0 radical (unpaired) electrons. The molecule has 0 N–H and O–H groups in total. The number of rotatable bonds is 6. The van der Waals surface area contributed by atoms with Gasteiger partial charge in [0.1, 0.15) is 0 Å². The Labute approximate surface area is 90.4 Å². The zero-order valence-electron chi connectivity index (χ0n) is 9.86. The molecule has 92 valence electrons. The van der Waals surface area contributed by atoms with Crippen molar-refractivity contribution in [3.05, 3.63) is 0 Å². The lowest BCUT2D eigenvalue weighted by atomic mass is 10.7. The molecule has 0 saturated carbocycles. The minimum absolute atomic E-state index is 1.23. The largest absolute Gasteiger partial charge is 0.341 e. The highest BCUT2D eigenvalue weighted by atomic mass is 32.2. The average Bonchev–Trinajstić information content (AvgIpc) is 2.26. The standard InChI is InChI=1S/C8H18O6S/c1-7(11-3,12-4)15(9,10)8(2,13-5)14-6/h1-6H3. The third-order valence-corrected chi connectivity index (χ3v) is 5.08. The molecule has 0 aliphatic rings. The van der Waals surface area contributed by atoms with Gasteiger partial charge >= 0.3 is 0 Å². The lowest BCUT2D eigenvalue weighted by molar-refractivity contribution is -0.162. The van der Waals surface area contributed by atoms with E-state index >= 15 is 0 Å². The van der Waals surface area contributed by atoms with Gasteiger partial charge in [-0.25, -0.2) is 8.42 Å². The first-order valence-corrected chi connectivity index (χ1v) is 5.67. The molecule has 15 heavy (non-hydrogen) atoms. The van der Waals surface area contributed by atoms with E-state index in [9.17, 15) is 8.42 Å². The number of hydrogen-bond donors (Lipinski definition) is 0. The molecule has 0 amide bonds. The van der Waals surface area contributed by atoms with Crippen LogP contribution in [0.1, 0.15) is 13.8 Å². The van der Waals surface area contributed by atoms with E-state index in [2.05, 4.69) is 0 Å². The van der Waals surface area contributed by atoms with Crippen molar-refractivity contribution in [2.24, 2.45) is 0 Å². The lowest BCUT2D eigenvalue weighted by Crippen LogP contribution is -2.53. The van der Waals surface area contributed by atoms with Gasteiger partial charge in [0.15, 0.2) is 0 Å². The second kappa shape index (κ2) is 4.75. The van der Waals surface area contributed by atoms with Gasteiger partial charge in [0.2, 0.25) is 0 Å². The Morgan fingerprint density at radius 3 is 1.07 bits per heavy atom. The third kappa shape index (κ3) is 2.16. The van der Waals surface area contributed by atoms with E-state index in [1.165, 1.54) is 42.3 Å². The van der Waals surface area contributed by atoms with Crippen LogP contribution >= 0.6 is 0 Å². The summed E-state index contributed by atoms with van der Waals surface area (Å²) < 4.78 is 43.5. The van der Waals surface area contributed by atoms with Gasteiger partial charge in [-0.05, 0) is 0 Å². The van der Waals surface area contributed by atoms with Crippen molar-refractivity contribution in [3.8, 4) is 0 Å². The van der Waals surface area contributed by atoms with Crippen LogP contribution in [0.15, 0.2) is 0 Å². The predicted molar refractivity (Wildman–Crippen MR) is 53.8 cm³/mol. The Balaban J connectivity index is 5.48. The minimum Gasteiger partial charge on any atom is -0.341 e. The molecule has 0 aromatic heterocycles. The van der Waals surface area contributed by atoms with Gasteiger partial charge in [0.05, 0.1) is 0 Å². The zero-order chi connectivity index (χ0) is 12.3. The fourth-order valence-electron chi connectivity index (χ4n) is 0.942. The summed E-state index contributed by atoms with van der Waals surface area (Å²) in [6.45, 7) is 2.55. The normalized spacial score (nSPS) is 14.3. The van der Waals surface area contributed by atoms with Gasteiger partial charge in [-0.3, -0.25) is 0 Å². The quantitative estimate of drug-likeness (QED) is 0.625. The van der Waals surface area contributed by atoms with Crippen LogP contribution in [0.25, 0.3) is 0 Å². The van der Waals surface area contributed by atoms with E-state index in [4.69, 9.17) is 18.9 Å². The lowest BCUT2D eigenvalue weighted by Gasteiger charge is -2.34. The van der Waals surface area contributed by atoms with Crippen LogP contribution in [0.2, 0.25) is 0 Å². The van der Waals surface area contributed by atoms with Crippen molar-refractivity contribution in [1.82, 2.24) is 0 Å². The molecule has 0 rings (SSSR count). The van der Waals surface area contributed by atoms with Crippen LogP contribution < -0.4 is 0 Å². The third-order valence-electron chi connectivity index (χ3n) is 2.46. The SMILES string of the molecule is COC(C)(OC)S(=O)(=O)C(C)(OC)OC. The molecule has 0 atom stereocenters. The summed E-state index contributed by atoms with van der Waals surface area (Å²) in [5.41, 5.74) is 0. The average molecular weight is 242 g/mol. The number of sulfone groups is 1. The Kier molecular flexibility index (Phi) is 4.68. The molecule has 0 bridgehead atoms. The van der Waals surface area contributed by atoms with Crippen LogP contribution in [0.3, 0.4) is 0 Å². The molecule has 6 nitrogen and oxygen atoms in total. The van der Waals surface area contributed by atoms with Crippen LogP contribution in [-0.2, 0) is 28.8 Å². The number of methoxy groups -OCH3 is 4. The monoisotopic (exact) mass is 242 g/mol. The van der Waals surface area contributed by atoms with E-state index in [1.54, 1.807) is 0 Å². The van der Waals surface area contributed by atoms with E-state index < -0.39 is 20.1 Å². The summed E-state index contributed by atoms with van der Waals surface area (Å²) >= 11 is 0. The number of hydrogen-bond acceptors (Lipinski definition) is 6. The van der Waals surface area contributed by atoms with Crippen LogP contribution in [-0.4, -0.2) is 47.1 Å². The minimum atomic E-state index is -3.95. The molecule has 0 aliphatic carbocycles. The molecule has 0 fully saturated rings. The highest BCUT2D eigenvalue weighted by Gasteiger charge is 2.54. The van der Waals surface area contributed by atoms with Crippen molar-refractivity contribution in [2.75, 3.05) is 28.4 Å². The molecular weight excluding hydrogens is 224 g/mol. The molecule has 0 aromatic carbocycles. The molecule has 0 spiro atoms. The summed E-state index contributed by atoms with van der Waals surface area (Å²) in [5, 5.41) is -3.62. The van der Waals surface area contributed by atoms with Gasteiger partial charge in [-0.2, -0.15) is 0 Å². The van der Waals surface area contributed by atoms with Crippen molar-refractivity contribution >= 4 is 9.84 Å². The summed E-state index contributed by atoms with van der Waals surface area (Å²) in [6.07, 6.45) is 0. The maximum atomic E-state index is 12.1. The molecule has 7 heteroatoms. The van der Waals surface area contributed by atoms with Gasteiger partial charge in [-0.15, -0.1) is 0 Å². The first-order chi connectivity index (χ1) is 6.74. The van der Waals surface area contributed by atoms with Crippen molar-refractivity contribution in [2.45, 2.75) is 24.1 Å². The van der Waals surface area contributed by atoms with E-state index in [0.29, 0.717) is 0 Å².